The molecule has 2 aromatic heterocycles. The average molecular weight is 442 g/mol. The first-order valence-corrected chi connectivity index (χ1v) is 11.3. The van der Waals surface area contributed by atoms with Crippen LogP contribution in [0.25, 0.3) is 10.2 Å². The molecule has 1 amide bonds. The van der Waals surface area contributed by atoms with Gasteiger partial charge in [-0.3, -0.25) is 9.69 Å². The van der Waals surface area contributed by atoms with Gasteiger partial charge in [0.25, 0.3) is 5.91 Å². The van der Waals surface area contributed by atoms with Crippen LogP contribution in [0, 0.1) is 5.82 Å². The zero-order valence-corrected chi connectivity index (χ0v) is 17.9. The van der Waals surface area contributed by atoms with Crippen LogP contribution in [0.4, 0.5) is 4.39 Å². The van der Waals surface area contributed by atoms with E-state index in [4.69, 9.17) is 9.47 Å². The molecule has 1 unspecified atom stereocenters. The number of morpholine rings is 2. The Morgan fingerprint density at radius 2 is 1.94 bits per heavy atom. The minimum atomic E-state index is -0.230. The third kappa shape index (κ3) is 4.34. The topological polar surface area (TPSA) is 54.9 Å². The van der Waals surface area contributed by atoms with Gasteiger partial charge in [0.05, 0.1) is 25.9 Å². The van der Waals surface area contributed by atoms with Crippen molar-refractivity contribution in [2.45, 2.75) is 12.6 Å². The number of nitrogens with zero attached hydrogens (tertiary/aromatic N) is 3. The van der Waals surface area contributed by atoms with Crippen LogP contribution in [0.1, 0.15) is 26.9 Å². The number of ether oxygens (including phenoxy) is 2. The molecule has 0 saturated carbocycles. The van der Waals surface area contributed by atoms with E-state index in [0.717, 1.165) is 27.9 Å². The molecule has 1 aromatic carbocycles. The zero-order valence-electron chi connectivity index (χ0n) is 17.1. The van der Waals surface area contributed by atoms with Crippen molar-refractivity contribution < 1.29 is 18.7 Å². The van der Waals surface area contributed by atoms with Crippen LogP contribution < -0.4 is 0 Å². The van der Waals surface area contributed by atoms with Gasteiger partial charge in [0.15, 0.2) is 0 Å². The first-order chi connectivity index (χ1) is 15.2. The Morgan fingerprint density at radius 3 is 2.74 bits per heavy atom. The summed E-state index contributed by atoms with van der Waals surface area (Å²) in [6.07, 6.45) is 1.54. The Balaban J connectivity index is 1.44. The van der Waals surface area contributed by atoms with E-state index in [2.05, 4.69) is 9.88 Å². The smallest absolute Gasteiger partial charge is 0.264 e. The number of carbonyl (C=O) groups is 1. The van der Waals surface area contributed by atoms with Crippen LogP contribution in [-0.4, -0.2) is 66.7 Å². The second kappa shape index (κ2) is 9.00. The number of benzene rings is 1. The first kappa shape index (κ1) is 20.5. The fourth-order valence-electron chi connectivity index (χ4n) is 4.21. The normalized spacial score (nSPS) is 20.3. The third-order valence-electron chi connectivity index (χ3n) is 5.79. The number of pyridine rings is 1. The fourth-order valence-corrected chi connectivity index (χ4v) is 5.37. The third-order valence-corrected chi connectivity index (χ3v) is 6.91. The average Bonchev–Trinajstić information content (AvgIpc) is 3.20. The number of fused-ring (bicyclic) bond motifs is 1. The molecule has 0 bridgehead atoms. The van der Waals surface area contributed by atoms with E-state index < -0.39 is 0 Å². The number of halogens is 1. The summed E-state index contributed by atoms with van der Waals surface area (Å²) < 4.78 is 24.8. The molecule has 31 heavy (non-hydrogen) atoms. The first-order valence-electron chi connectivity index (χ1n) is 10.5. The van der Waals surface area contributed by atoms with Gasteiger partial charge in [-0.15, -0.1) is 11.3 Å². The predicted octanol–water partition coefficient (Wildman–Crippen LogP) is 3.48. The van der Waals surface area contributed by atoms with Crippen molar-refractivity contribution in [2.75, 3.05) is 46.0 Å². The van der Waals surface area contributed by atoms with Crippen LogP contribution in [-0.2, 0) is 16.0 Å². The van der Waals surface area contributed by atoms with Gasteiger partial charge in [-0.1, -0.05) is 18.2 Å². The highest BCUT2D eigenvalue weighted by Gasteiger charge is 2.32. The van der Waals surface area contributed by atoms with Crippen molar-refractivity contribution in [3.05, 3.63) is 64.4 Å². The van der Waals surface area contributed by atoms with Crippen molar-refractivity contribution in [1.82, 2.24) is 14.8 Å². The maximum absolute atomic E-state index is 13.4. The van der Waals surface area contributed by atoms with E-state index >= 15 is 0 Å². The van der Waals surface area contributed by atoms with Gasteiger partial charge in [-0.05, 0) is 23.8 Å². The Kier molecular flexibility index (Phi) is 5.95. The molecular formula is C23H24FN3O3S. The van der Waals surface area contributed by atoms with Gasteiger partial charge in [-0.2, -0.15) is 0 Å². The van der Waals surface area contributed by atoms with Crippen molar-refractivity contribution in [3.8, 4) is 0 Å². The van der Waals surface area contributed by atoms with Crippen molar-refractivity contribution in [3.63, 3.8) is 0 Å². The van der Waals surface area contributed by atoms with Crippen LogP contribution >= 0.6 is 11.3 Å². The van der Waals surface area contributed by atoms with Gasteiger partial charge >= 0.3 is 0 Å². The summed E-state index contributed by atoms with van der Waals surface area (Å²) in [4.78, 5) is 23.6. The highest BCUT2D eigenvalue weighted by molar-refractivity contribution is 7.20. The zero-order chi connectivity index (χ0) is 21.2. The number of aromatic nitrogens is 1. The lowest BCUT2D eigenvalue weighted by atomic mass is 10.0. The standard InChI is InChI=1S/C23H24FN3O3S/c24-17-5-3-16(4-6-17)14-26-8-13-30-19(15-26)20-18-2-1-7-25-22(18)31-21(20)23(28)27-9-11-29-12-10-27/h1-7,19H,8-15H2. The van der Waals surface area contributed by atoms with Crippen molar-refractivity contribution in [1.29, 1.82) is 0 Å². The van der Waals surface area contributed by atoms with Crippen LogP contribution in [0.5, 0.6) is 0 Å². The van der Waals surface area contributed by atoms with E-state index in [9.17, 15) is 9.18 Å². The molecule has 1 atom stereocenters. The quantitative estimate of drug-likeness (QED) is 0.621. The SMILES string of the molecule is O=C(c1sc2ncccc2c1C1CN(Cc2ccc(F)cc2)CCO1)N1CCOCC1. The van der Waals surface area contributed by atoms with E-state index in [1.54, 1.807) is 6.20 Å². The monoisotopic (exact) mass is 441 g/mol. The molecule has 2 aliphatic rings. The Bertz CT molecular complexity index is 1070. The Morgan fingerprint density at radius 1 is 1.13 bits per heavy atom. The summed E-state index contributed by atoms with van der Waals surface area (Å²) >= 11 is 1.44. The second-order valence-electron chi connectivity index (χ2n) is 7.83. The van der Waals surface area contributed by atoms with E-state index in [0.29, 0.717) is 50.9 Å². The van der Waals surface area contributed by atoms with Crippen LogP contribution in [0.2, 0.25) is 0 Å². The Hall–Kier alpha value is -2.39. The largest absolute Gasteiger partial charge is 0.378 e. The van der Waals surface area contributed by atoms with Gasteiger partial charge < -0.3 is 14.4 Å². The van der Waals surface area contributed by atoms with Gasteiger partial charge in [0, 0.05) is 49.9 Å². The lowest BCUT2D eigenvalue weighted by Crippen LogP contribution is -2.41. The minimum absolute atomic E-state index is 0.0283. The highest BCUT2D eigenvalue weighted by Crippen LogP contribution is 2.38. The van der Waals surface area contributed by atoms with Crippen LogP contribution in [0.15, 0.2) is 42.6 Å². The van der Waals surface area contributed by atoms with Gasteiger partial charge in [0.1, 0.15) is 15.5 Å². The Labute approximate surface area is 184 Å². The number of rotatable bonds is 4. The molecule has 5 rings (SSSR count). The molecule has 0 N–H and O–H groups in total. The molecule has 2 aliphatic heterocycles. The summed E-state index contributed by atoms with van der Waals surface area (Å²) in [5, 5.41) is 0.984. The molecule has 2 fully saturated rings. The number of thiophene rings is 1. The molecule has 0 radical (unpaired) electrons. The lowest BCUT2D eigenvalue weighted by Gasteiger charge is -2.34. The molecular weight excluding hydrogens is 417 g/mol. The minimum Gasteiger partial charge on any atom is -0.378 e. The van der Waals surface area contributed by atoms with E-state index in [1.807, 2.05) is 29.2 Å². The number of hydrogen-bond donors (Lipinski definition) is 0. The molecule has 8 heteroatoms. The molecule has 6 nitrogen and oxygen atoms in total. The maximum atomic E-state index is 13.4. The van der Waals surface area contributed by atoms with E-state index in [1.165, 1.54) is 23.5 Å². The van der Waals surface area contributed by atoms with Crippen molar-refractivity contribution >= 4 is 27.5 Å². The predicted molar refractivity (Wildman–Crippen MR) is 117 cm³/mol. The number of amides is 1. The van der Waals surface area contributed by atoms with Crippen LogP contribution in [0.3, 0.4) is 0 Å². The van der Waals surface area contributed by atoms with Gasteiger partial charge in [-0.25, -0.2) is 9.37 Å². The molecule has 0 spiro atoms. The molecule has 2 saturated heterocycles. The summed E-state index contributed by atoms with van der Waals surface area (Å²) in [7, 11) is 0. The molecule has 162 valence electrons. The molecule has 0 aliphatic carbocycles. The number of carbonyl (C=O) groups excluding carboxylic acids is 1. The summed E-state index contributed by atoms with van der Waals surface area (Å²) in [5.74, 6) is -0.201. The second-order valence-corrected chi connectivity index (χ2v) is 8.83. The number of hydrogen-bond acceptors (Lipinski definition) is 6. The molecule has 3 aromatic rings. The highest BCUT2D eigenvalue weighted by atomic mass is 32.1. The molecule has 4 heterocycles. The maximum Gasteiger partial charge on any atom is 0.264 e. The summed E-state index contributed by atoms with van der Waals surface area (Å²) in [6.45, 7) is 5.08. The van der Waals surface area contributed by atoms with Gasteiger partial charge in [0.2, 0.25) is 0 Å². The summed E-state index contributed by atoms with van der Waals surface area (Å²) in [5.41, 5.74) is 2.00. The fraction of sp³-hybridized carbons (Fsp3) is 0.391. The summed E-state index contributed by atoms with van der Waals surface area (Å²) in [6, 6.07) is 10.5. The van der Waals surface area contributed by atoms with Crippen molar-refractivity contribution in [2.24, 2.45) is 0 Å². The van der Waals surface area contributed by atoms with E-state index in [-0.39, 0.29) is 17.8 Å². The lowest BCUT2D eigenvalue weighted by molar-refractivity contribution is -0.0325.